The first kappa shape index (κ1) is 22.8. The maximum atomic E-state index is 13.4. The van der Waals surface area contributed by atoms with E-state index in [0.717, 1.165) is 5.69 Å². The summed E-state index contributed by atoms with van der Waals surface area (Å²) in [7, 11) is 5.37. The molecule has 1 heterocycles. The number of ether oxygens (including phenoxy) is 1. The Morgan fingerprint density at radius 2 is 1.75 bits per heavy atom. The molecule has 32 heavy (non-hydrogen) atoms. The number of anilines is 1. The zero-order valence-electron chi connectivity index (χ0n) is 18.6. The number of aromatic nitrogens is 1. The van der Waals surface area contributed by atoms with Gasteiger partial charge in [0.25, 0.3) is 5.56 Å². The van der Waals surface area contributed by atoms with Crippen LogP contribution in [0.4, 0.5) is 5.69 Å². The van der Waals surface area contributed by atoms with E-state index in [0.29, 0.717) is 16.5 Å². The molecule has 0 unspecified atom stereocenters. The van der Waals surface area contributed by atoms with Gasteiger partial charge in [0.1, 0.15) is 11.3 Å². The highest BCUT2D eigenvalue weighted by Crippen LogP contribution is 2.28. The van der Waals surface area contributed by atoms with E-state index in [2.05, 4.69) is 0 Å². The lowest BCUT2D eigenvalue weighted by Gasteiger charge is -2.14. The smallest absolute Gasteiger partial charge is 0.310 e. The third-order valence-corrected chi connectivity index (χ3v) is 5.19. The number of pyridine rings is 1. The van der Waals surface area contributed by atoms with Crippen molar-refractivity contribution in [3.05, 3.63) is 75.6 Å². The lowest BCUT2D eigenvalue weighted by molar-refractivity contribution is -0.142. The molecule has 7 heteroatoms. The fourth-order valence-corrected chi connectivity index (χ4v) is 3.48. The minimum absolute atomic E-state index is 0.0590. The average molecular weight is 434 g/mol. The SMILES string of the molecule is CCOC(=O)CC(=Cc1ccc(N(C)C)cc1)C(=O)c1c(O)c2ccccc2n(C)c1=O. The molecule has 0 spiro atoms. The van der Waals surface area contributed by atoms with Crippen LogP contribution in [0.15, 0.2) is 58.9 Å². The lowest BCUT2D eigenvalue weighted by atomic mass is 9.97. The molecule has 0 atom stereocenters. The first-order chi connectivity index (χ1) is 15.2. The number of nitrogens with zero attached hydrogens (tertiary/aromatic N) is 2. The first-order valence-corrected chi connectivity index (χ1v) is 10.2. The Morgan fingerprint density at radius 3 is 2.38 bits per heavy atom. The van der Waals surface area contributed by atoms with Crippen molar-refractivity contribution in [2.45, 2.75) is 13.3 Å². The number of carbonyl (C=O) groups is 2. The molecular formula is C25H26N2O5. The van der Waals surface area contributed by atoms with Crippen LogP contribution in [0.3, 0.4) is 0 Å². The monoisotopic (exact) mass is 434 g/mol. The Bertz CT molecular complexity index is 1250. The summed E-state index contributed by atoms with van der Waals surface area (Å²) in [5, 5.41) is 11.2. The number of esters is 1. The van der Waals surface area contributed by atoms with Gasteiger partial charge < -0.3 is 19.3 Å². The minimum Gasteiger partial charge on any atom is -0.506 e. The molecular weight excluding hydrogens is 408 g/mol. The van der Waals surface area contributed by atoms with Gasteiger partial charge in [0.05, 0.1) is 18.5 Å². The average Bonchev–Trinajstić information content (AvgIpc) is 2.77. The van der Waals surface area contributed by atoms with Gasteiger partial charge in [0.2, 0.25) is 0 Å². The molecule has 0 bridgehead atoms. The van der Waals surface area contributed by atoms with Gasteiger partial charge in [-0.1, -0.05) is 24.3 Å². The number of benzene rings is 2. The molecule has 2 aromatic carbocycles. The molecule has 0 saturated heterocycles. The van der Waals surface area contributed by atoms with Crippen LogP contribution in [-0.4, -0.2) is 42.1 Å². The van der Waals surface area contributed by atoms with Gasteiger partial charge >= 0.3 is 5.97 Å². The van der Waals surface area contributed by atoms with Crippen LogP contribution in [0.2, 0.25) is 0 Å². The van der Waals surface area contributed by atoms with Crippen LogP contribution in [0, 0.1) is 0 Å². The molecule has 0 radical (unpaired) electrons. The van der Waals surface area contributed by atoms with Gasteiger partial charge in [-0.3, -0.25) is 14.4 Å². The number of Topliss-reactive ketones (excluding diaryl/α,β-unsaturated/α-hetero) is 1. The molecule has 0 fully saturated rings. The normalized spacial score (nSPS) is 11.4. The van der Waals surface area contributed by atoms with Crippen LogP contribution in [-0.2, 0) is 16.6 Å². The van der Waals surface area contributed by atoms with Gasteiger partial charge in [-0.15, -0.1) is 0 Å². The van der Waals surface area contributed by atoms with E-state index in [1.165, 1.54) is 11.6 Å². The van der Waals surface area contributed by atoms with Crippen LogP contribution in [0.25, 0.3) is 17.0 Å². The van der Waals surface area contributed by atoms with Crippen molar-refractivity contribution in [2.24, 2.45) is 7.05 Å². The summed E-state index contributed by atoms with van der Waals surface area (Å²) >= 11 is 0. The second-order valence-corrected chi connectivity index (χ2v) is 7.57. The quantitative estimate of drug-likeness (QED) is 0.348. The highest BCUT2D eigenvalue weighted by Gasteiger charge is 2.25. The second kappa shape index (κ2) is 9.51. The molecule has 0 aliphatic heterocycles. The van der Waals surface area contributed by atoms with E-state index in [-0.39, 0.29) is 24.2 Å². The highest BCUT2D eigenvalue weighted by atomic mass is 16.5. The van der Waals surface area contributed by atoms with E-state index in [1.807, 2.05) is 43.3 Å². The van der Waals surface area contributed by atoms with E-state index in [1.54, 1.807) is 37.3 Å². The zero-order valence-corrected chi connectivity index (χ0v) is 18.6. The third-order valence-electron chi connectivity index (χ3n) is 5.19. The summed E-state index contributed by atoms with van der Waals surface area (Å²) in [6.45, 7) is 1.84. The fraction of sp³-hybridized carbons (Fsp3) is 0.240. The van der Waals surface area contributed by atoms with E-state index in [9.17, 15) is 19.5 Å². The molecule has 0 aliphatic carbocycles. The van der Waals surface area contributed by atoms with Crippen molar-refractivity contribution in [1.82, 2.24) is 4.57 Å². The molecule has 7 nitrogen and oxygen atoms in total. The largest absolute Gasteiger partial charge is 0.506 e. The topological polar surface area (TPSA) is 88.8 Å². The Kier molecular flexibility index (Phi) is 6.78. The zero-order chi connectivity index (χ0) is 23.4. The predicted octanol–water partition coefficient (Wildman–Crippen LogP) is 3.53. The number of ketones is 1. The minimum atomic E-state index is -0.710. The van der Waals surface area contributed by atoms with Gasteiger partial charge in [0, 0.05) is 37.8 Å². The molecule has 1 N–H and O–H groups in total. The molecule has 3 aromatic rings. The molecule has 0 saturated carbocycles. The van der Waals surface area contributed by atoms with Crippen LogP contribution in [0.1, 0.15) is 29.3 Å². The summed E-state index contributed by atoms with van der Waals surface area (Å²) in [6, 6.07) is 14.2. The standard InChI is InChI=1S/C25H26N2O5/c1-5-32-21(28)15-17(14-16-10-12-18(13-11-16)26(2)3)23(29)22-24(30)19-8-6-7-9-20(19)27(4)25(22)31/h6-14,30H,5,15H2,1-4H3. The maximum absolute atomic E-state index is 13.4. The Labute approximate surface area is 186 Å². The van der Waals surface area contributed by atoms with Gasteiger partial charge in [-0.25, -0.2) is 0 Å². The van der Waals surface area contributed by atoms with Crippen LogP contribution in [0.5, 0.6) is 5.75 Å². The van der Waals surface area contributed by atoms with Crippen LogP contribution >= 0.6 is 0 Å². The molecule has 0 aliphatic rings. The van der Waals surface area contributed by atoms with Gasteiger partial charge in [-0.05, 0) is 42.8 Å². The molecule has 1 aromatic heterocycles. The summed E-state index contributed by atoms with van der Waals surface area (Å²) in [4.78, 5) is 40.6. The maximum Gasteiger partial charge on any atom is 0.310 e. The molecule has 3 rings (SSSR count). The van der Waals surface area contributed by atoms with E-state index in [4.69, 9.17) is 4.74 Å². The Hall–Kier alpha value is -3.87. The number of para-hydroxylation sites is 1. The number of aryl methyl sites for hydroxylation is 1. The van der Waals surface area contributed by atoms with Gasteiger partial charge in [0.15, 0.2) is 5.78 Å². The van der Waals surface area contributed by atoms with Crippen molar-refractivity contribution in [2.75, 3.05) is 25.6 Å². The summed E-state index contributed by atoms with van der Waals surface area (Å²) in [5.74, 6) is -1.70. The molecule has 166 valence electrons. The third kappa shape index (κ3) is 4.56. The summed E-state index contributed by atoms with van der Waals surface area (Å²) < 4.78 is 6.33. The van der Waals surface area contributed by atoms with Crippen molar-refractivity contribution >= 4 is 34.4 Å². The van der Waals surface area contributed by atoms with Crippen molar-refractivity contribution in [3.63, 3.8) is 0 Å². The molecule has 0 amide bonds. The fourth-order valence-electron chi connectivity index (χ4n) is 3.48. The Morgan fingerprint density at radius 1 is 1.09 bits per heavy atom. The van der Waals surface area contributed by atoms with Crippen molar-refractivity contribution in [3.8, 4) is 5.75 Å². The summed E-state index contributed by atoms with van der Waals surface area (Å²) in [5.41, 5.74) is 1.21. The Balaban J connectivity index is 2.14. The number of carbonyl (C=O) groups excluding carboxylic acids is 2. The summed E-state index contributed by atoms with van der Waals surface area (Å²) in [6.07, 6.45) is 1.23. The van der Waals surface area contributed by atoms with Crippen molar-refractivity contribution in [1.29, 1.82) is 0 Å². The lowest BCUT2D eigenvalue weighted by Crippen LogP contribution is -2.26. The van der Waals surface area contributed by atoms with E-state index >= 15 is 0 Å². The number of fused-ring (bicyclic) bond motifs is 1. The van der Waals surface area contributed by atoms with Gasteiger partial charge in [-0.2, -0.15) is 0 Å². The number of aromatic hydroxyl groups is 1. The second-order valence-electron chi connectivity index (χ2n) is 7.57. The highest BCUT2D eigenvalue weighted by molar-refractivity contribution is 6.16. The first-order valence-electron chi connectivity index (χ1n) is 10.2. The predicted molar refractivity (Wildman–Crippen MR) is 125 cm³/mol. The van der Waals surface area contributed by atoms with E-state index < -0.39 is 23.1 Å². The van der Waals surface area contributed by atoms with Crippen LogP contribution < -0.4 is 10.5 Å². The van der Waals surface area contributed by atoms with Crippen molar-refractivity contribution < 1.29 is 19.4 Å². The number of hydrogen-bond donors (Lipinski definition) is 1. The number of rotatable bonds is 7. The number of hydrogen-bond acceptors (Lipinski definition) is 6.